The standard InChI is InChI=1S/C17H16N2O3S/c20-15-10-16(23-14-9-5-4-8-13(14)18-15)19-17(21)22-11-12-6-2-1-3-7-12/h1-9,16H,10-11H2,(H,18,20)(H,19,21). The summed E-state index contributed by atoms with van der Waals surface area (Å²) in [5.41, 5.74) is 1.68. The summed E-state index contributed by atoms with van der Waals surface area (Å²) in [6, 6.07) is 17.0. The van der Waals surface area contributed by atoms with Gasteiger partial charge >= 0.3 is 6.09 Å². The monoisotopic (exact) mass is 328 g/mol. The Labute approximate surface area is 138 Å². The third-order valence-electron chi connectivity index (χ3n) is 3.29. The smallest absolute Gasteiger partial charge is 0.408 e. The Morgan fingerprint density at radius 2 is 1.91 bits per heavy atom. The van der Waals surface area contributed by atoms with Gasteiger partial charge in [0.2, 0.25) is 5.91 Å². The molecule has 6 heteroatoms. The van der Waals surface area contributed by atoms with Crippen LogP contribution in [0.25, 0.3) is 0 Å². The number of hydrogen-bond donors (Lipinski definition) is 2. The molecule has 23 heavy (non-hydrogen) atoms. The van der Waals surface area contributed by atoms with Gasteiger partial charge in [-0.2, -0.15) is 0 Å². The Morgan fingerprint density at radius 3 is 2.74 bits per heavy atom. The lowest BCUT2D eigenvalue weighted by Crippen LogP contribution is -2.34. The van der Waals surface area contributed by atoms with Gasteiger partial charge in [-0.05, 0) is 17.7 Å². The lowest BCUT2D eigenvalue weighted by atomic mass is 10.2. The number of benzene rings is 2. The Hall–Kier alpha value is -2.47. The van der Waals surface area contributed by atoms with Crippen molar-refractivity contribution in [1.82, 2.24) is 5.32 Å². The molecule has 0 aliphatic carbocycles. The highest BCUT2D eigenvalue weighted by Gasteiger charge is 2.23. The van der Waals surface area contributed by atoms with E-state index >= 15 is 0 Å². The highest BCUT2D eigenvalue weighted by molar-refractivity contribution is 8.00. The van der Waals surface area contributed by atoms with Gasteiger partial charge in [-0.15, -0.1) is 0 Å². The minimum absolute atomic E-state index is 0.129. The number of rotatable bonds is 3. The molecular formula is C17H16N2O3S. The van der Waals surface area contributed by atoms with E-state index in [1.165, 1.54) is 11.8 Å². The van der Waals surface area contributed by atoms with Crippen LogP contribution in [0.4, 0.5) is 10.5 Å². The fraction of sp³-hybridized carbons (Fsp3) is 0.176. The van der Waals surface area contributed by atoms with E-state index in [4.69, 9.17) is 4.74 Å². The number of fused-ring (bicyclic) bond motifs is 1. The molecule has 2 aromatic rings. The van der Waals surface area contributed by atoms with Crippen molar-refractivity contribution in [2.75, 3.05) is 5.32 Å². The summed E-state index contributed by atoms with van der Waals surface area (Å²) in [6.45, 7) is 0.201. The van der Waals surface area contributed by atoms with E-state index < -0.39 is 6.09 Å². The zero-order valence-electron chi connectivity index (χ0n) is 12.3. The van der Waals surface area contributed by atoms with Crippen molar-refractivity contribution in [3.8, 4) is 0 Å². The van der Waals surface area contributed by atoms with Gasteiger partial charge in [-0.25, -0.2) is 4.79 Å². The first-order chi connectivity index (χ1) is 11.2. The SMILES string of the molecule is O=C1CC(NC(=O)OCc2ccccc2)Sc2ccccc2N1. The van der Waals surface area contributed by atoms with Gasteiger partial charge < -0.3 is 15.4 Å². The normalized spacial score (nSPS) is 16.7. The third kappa shape index (κ3) is 4.26. The van der Waals surface area contributed by atoms with Crippen molar-refractivity contribution >= 4 is 29.4 Å². The zero-order valence-corrected chi connectivity index (χ0v) is 13.1. The topological polar surface area (TPSA) is 67.4 Å². The zero-order chi connectivity index (χ0) is 16.1. The molecule has 0 spiro atoms. The summed E-state index contributed by atoms with van der Waals surface area (Å²) >= 11 is 1.44. The van der Waals surface area contributed by atoms with Crippen LogP contribution >= 0.6 is 11.8 Å². The molecule has 0 saturated carbocycles. The number of anilines is 1. The van der Waals surface area contributed by atoms with Crippen molar-refractivity contribution in [3.05, 3.63) is 60.2 Å². The minimum atomic E-state index is -0.529. The summed E-state index contributed by atoms with van der Waals surface area (Å²) in [6.07, 6.45) is -0.335. The number of ether oxygens (including phenoxy) is 1. The van der Waals surface area contributed by atoms with Crippen molar-refractivity contribution in [1.29, 1.82) is 0 Å². The number of alkyl carbamates (subject to hydrolysis) is 1. The van der Waals surface area contributed by atoms with E-state index in [2.05, 4.69) is 10.6 Å². The predicted octanol–water partition coefficient (Wildman–Crippen LogP) is 3.37. The van der Waals surface area contributed by atoms with Gasteiger partial charge in [0.25, 0.3) is 0 Å². The Kier molecular flexibility index (Phi) is 4.83. The van der Waals surface area contributed by atoms with Gasteiger partial charge in [0.05, 0.1) is 17.5 Å². The molecule has 1 heterocycles. The highest BCUT2D eigenvalue weighted by Crippen LogP contribution is 2.33. The van der Waals surface area contributed by atoms with E-state index in [0.29, 0.717) is 0 Å². The van der Waals surface area contributed by atoms with E-state index in [9.17, 15) is 9.59 Å². The number of para-hydroxylation sites is 1. The number of nitrogens with one attached hydrogen (secondary N) is 2. The van der Waals surface area contributed by atoms with Crippen LogP contribution in [0.2, 0.25) is 0 Å². The lowest BCUT2D eigenvalue weighted by Gasteiger charge is -2.15. The Balaban J connectivity index is 1.59. The maximum Gasteiger partial charge on any atom is 0.408 e. The summed E-state index contributed by atoms with van der Waals surface area (Å²) in [4.78, 5) is 24.8. The first-order valence-corrected chi connectivity index (χ1v) is 8.11. The van der Waals surface area contributed by atoms with Crippen molar-refractivity contribution in [3.63, 3.8) is 0 Å². The molecule has 0 fully saturated rings. The second kappa shape index (κ2) is 7.19. The summed E-state index contributed by atoms with van der Waals surface area (Å²) in [7, 11) is 0. The molecule has 3 rings (SSSR count). The minimum Gasteiger partial charge on any atom is -0.445 e. The summed E-state index contributed by atoms with van der Waals surface area (Å²) in [5.74, 6) is -0.129. The van der Waals surface area contributed by atoms with Gasteiger partial charge in [0.1, 0.15) is 6.61 Å². The van der Waals surface area contributed by atoms with E-state index in [1.807, 2.05) is 54.6 Å². The molecule has 0 saturated heterocycles. The molecule has 2 amide bonds. The van der Waals surface area contributed by atoms with E-state index in [0.717, 1.165) is 16.1 Å². The molecule has 0 bridgehead atoms. The molecule has 2 N–H and O–H groups in total. The summed E-state index contributed by atoms with van der Waals surface area (Å²) < 4.78 is 5.20. The number of carbonyl (C=O) groups excluding carboxylic acids is 2. The van der Waals surface area contributed by atoms with Crippen molar-refractivity contribution in [2.45, 2.75) is 23.3 Å². The highest BCUT2D eigenvalue weighted by atomic mass is 32.2. The van der Waals surface area contributed by atoms with Crippen LogP contribution < -0.4 is 10.6 Å². The molecule has 1 aliphatic rings. The van der Waals surface area contributed by atoms with Gasteiger partial charge in [-0.3, -0.25) is 4.79 Å². The first-order valence-electron chi connectivity index (χ1n) is 7.23. The van der Waals surface area contributed by atoms with Crippen LogP contribution in [-0.4, -0.2) is 17.4 Å². The third-order valence-corrected chi connectivity index (χ3v) is 4.47. The maximum absolute atomic E-state index is 11.9. The molecule has 118 valence electrons. The van der Waals surface area contributed by atoms with Gasteiger partial charge in [0.15, 0.2) is 0 Å². The second-order valence-corrected chi connectivity index (χ2v) is 6.31. The molecule has 0 aromatic heterocycles. The van der Waals surface area contributed by atoms with Crippen LogP contribution in [0.15, 0.2) is 59.5 Å². The molecule has 2 aromatic carbocycles. The van der Waals surface area contributed by atoms with Crippen LogP contribution in [-0.2, 0) is 16.1 Å². The molecule has 0 radical (unpaired) electrons. The number of hydrogen-bond acceptors (Lipinski definition) is 4. The fourth-order valence-electron chi connectivity index (χ4n) is 2.21. The van der Waals surface area contributed by atoms with E-state index in [-0.39, 0.29) is 24.3 Å². The maximum atomic E-state index is 11.9. The quantitative estimate of drug-likeness (QED) is 0.906. The van der Waals surface area contributed by atoms with Crippen molar-refractivity contribution in [2.24, 2.45) is 0 Å². The molecular weight excluding hydrogens is 312 g/mol. The van der Waals surface area contributed by atoms with Crippen molar-refractivity contribution < 1.29 is 14.3 Å². The number of thioether (sulfide) groups is 1. The molecule has 1 aliphatic heterocycles. The Bertz CT molecular complexity index is 706. The average molecular weight is 328 g/mol. The predicted molar refractivity (Wildman–Crippen MR) is 89.1 cm³/mol. The summed E-state index contributed by atoms with van der Waals surface area (Å²) in [5, 5.41) is 5.21. The number of amides is 2. The number of carbonyl (C=O) groups is 2. The van der Waals surface area contributed by atoms with Gasteiger partial charge in [-0.1, -0.05) is 54.2 Å². The molecule has 1 unspecified atom stereocenters. The van der Waals surface area contributed by atoms with Crippen LogP contribution in [0.1, 0.15) is 12.0 Å². The van der Waals surface area contributed by atoms with Crippen LogP contribution in [0, 0.1) is 0 Å². The van der Waals surface area contributed by atoms with E-state index in [1.54, 1.807) is 0 Å². The average Bonchev–Trinajstić information content (AvgIpc) is 2.71. The largest absolute Gasteiger partial charge is 0.445 e. The van der Waals surface area contributed by atoms with Gasteiger partial charge in [0, 0.05) is 4.90 Å². The fourth-order valence-corrected chi connectivity index (χ4v) is 3.31. The first kappa shape index (κ1) is 15.4. The lowest BCUT2D eigenvalue weighted by molar-refractivity contribution is -0.116. The Morgan fingerprint density at radius 1 is 1.17 bits per heavy atom. The molecule has 5 nitrogen and oxygen atoms in total. The van der Waals surface area contributed by atoms with Crippen LogP contribution in [0.3, 0.4) is 0 Å². The second-order valence-electron chi connectivity index (χ2n) is 5.06. The van der Waals surface area contributed by atoms with Crippen LogP contribution in [0.5, 0.6) is 0 Å². The molecule has 1 atom stereocenters.